The molecule has 0 unspecified atom stereocenters. The largest absolute Gasteiger partial charge is 0.477 e. The van der Waals surface area contributed by atoms with Gasteiger partial charge in [0.25, 0.3) is 17.7 Å². The summed E-state index contributed by atoms with van der Waals surface area (Å²) in [7, 11) is 0. The van der Waals surface area contributed by atoms with Crippen molar-refractivity contribution in [1.82, 2.24) is 0 Å². The zero-order valence-electron chi connectivity index (χ0n) is 15.2. The number of carbonyl (C=O) groups is 3. The van der Waals surface area contributed by atoms with Crippen molar-refractivity contribution in [1.29, 1.82) is 0 Å². The van der Waals surface area contributed by atoms with Crippen molar-refractivity contribution in [2.75, 3.05) is 16.8 Å². The Morgan fingerprint density at radius 3 is 2.66 bits per heavy atom. The third-order valence-electron chi connectivity index (χ3n) is 4.45. The van der Waals surface area contributed by atoms with Crippen LogP contribution in [0.5, 0.6) is 5.75 Å². The van der Waals surface area contributed by atoms with E-state index >= 15 is 0 Å². The molecule has 0 spiro atoms. The molecule has 2 heterocycles. The van der Waals surface area contributed by atoms with E-state index in [1.807, 2.05) is 5.38 Å². The molecular formula is C21H17N3O4S. The van der Waals surface area contributed by atoms with Crippen LogP contribution in [0.1, 0.15) is 20.0 Å². The smallest absolute Gasteiger partial charge is 0.265 e. The van der Waals surface area contributed by atoms with Crippen LogP contribution in [0, 0.1) is 0 Å². The number of hydrogen-bond acceptors (Lipinski definition) is 5. The van der Waals surface area contributed by atoms with Crippen LogP contribution in [0.3, 0.4) is 0 Å². The highest BCUT2D eigenvalue weighted by atomic mass is 32.1. The molecule has 3 amide bonds. The summed E-state index contributed by atoms with van der Waals surface area (Å²) in [6.07, 6.45) is -0.935. The topological polar surface area (TPSA) is 102 Å². The number of nitrogens with two attached hydrogens (primary N) is 1. The first-order chi connectivity index (χ1) is 14.0. The number of rotatable bonds is 4. The monoisotopic (exact) mass is 407 g/mol. The number of para-hydroxylation sites is 2. The van der Waals surface area contributed by atoms with Gasteiger partial charge in [0, 0.05) is 11.3 Å². The quantitative estimate of drug-likeness (QED) is 0.694. The van der Waals surface area contributed by atoms with Crippen LogP contribution in [-0.4, -0.2) is 30.4 Å². The molecule has 0 bridgehead atoms. The fraction of sp³-hybridized carbons (Fsp3) is 0.0952. The van der Waals surface area contributed by atoms with Gasteiger partial charge >= 0.3 is 0 Å². The summed E-state index contributed by atoms with van der Waals surface area (Å²) in [6.45, 7) is 0.0109. The van der Waals surface area contributed by atoms with Gasteiger partial charge in [0.1, 0.15) is 5.75 Å². The zero-order valence-corrected chi connectivity index (χ0v) is 16.0. The Balaban J connectivity index is 1.61. The van der Waals surface area contributed by atoms with Gasteiger partial charge in [-0.25, -0.2) is 0 Å². The van der Waals surface area contributed by atoms with Gasteiger partial charge in [0.15, 0.2) is 6.10 Å². The summed E-state index contributed by atoms with van der Waals surface area (Å²) < 4.78 is 5.60. The number of amides is 3. The zero-order chi connectivity index (χ0) is 20.4. The first-order valence-electron chi connectivity index (χ1n) is 8.85. The number of carbonyl (C=O) groups excluding carboxylic acids is 3. The number of benzene rings is 2. The molecule has 0 fully saturated rings. The van der Waals surface area contributed by atoms with E-state index in [9.17, 15) is 14.4 Å². The Morgan fingerprint density at radius 1 is 1.07 bits per heavy atom. The molecule has 7 nitrogen and oxygen atoms in total. The van der Waals surface area contributed by atoms with Crippen molar-refractivity contribution in [3.63, 3.8) is 0 Å². The van der Waals surface area contributed by atoms with Crippen molar-refractivity contribution in [2.24, 2.45) is 5.73 Å². The van der Waals surface area contributed by atoms with Gasteiger partial charge in [-0.15, -0.1) is 11.3 Å². The van der Waals surface area contributed by atoms with E-state index in [0.29, 0.717) is 27.6 Å². The molecule has 4 rings (SSSR count). The van der Waals surface area contributed by atoms with E-state index in [2.05, 4.69) is 5.32 Å². The van der Waals surface area contributed by atoms with Crippen LogP contribution in [0.4, 0.5) is 11.4 Å². The molecule has 3 N–H and O–H groups in total. The van der Waals surface area contributed by atoms with Crippen LogP contribution in [0.25, 0.3) is 0 Å². The van der Waals surface area contributed by atoms with Crippen molar-refractivity contribution in [3.05, 3.63) is 76.5 Å². The lowest BCUT2D eigenvalue weighted by Crippen LogP contribution is -2.49. The number of anilines is 2. The Hall–Kier alpha value is -3.65. The van der Waals surface area contributed by atoms with E-state index < -0.39 is 12.0 Å². The molecule has 146 valence electrons. The second kappa shape index (κ2) is 7.76. The Kier molecular flexibility index (Phi) is 5.01. The number of primary amides is 1. The number of hydrogen-bond donors (Lipinski definition) is 2. The third-order valence-corrected chi connectivity index (χ3v) is 5.32. The molecule has 3 aromatic rings. The average molecular weight is 407 g/mol. The van der Waals surface area contributed by atoms with Crippen LogP contribution in [0.2, 0.25) is 0 Å². The van der Waals surface area contributed by atoms with Crippen molar-refractivity contribution < 1.29 is 19.1 Å². The van der Waals surface area contributed by atoms with Crippen LogP contribution >= 0.6 is 11.3 Å². The van der Waals surface area contributed by atoms with Gasteiger partial charge in [-0.2, -0.15) is 0 Å². The second-order valence-electron chi connectivity index (χ2n) is 6.40. The van der Waals surface area contributed by atoms with Crippen LogP contribution < -0.4 is 20.7 Å². The molecular weight excluding hydrogens is 390 g/mol. The van der Waals surface area contributed by atoms with Gasteiger partial charge in [0.2, 0.25) is 0 Å². The highest BCUT2D eigenvalue weighted by Gasteiger charge is 2.33. The summed E-state index contributed by atoms with van der Waals surface area (Å²) in [5, 5.41) is 4.61. The molecule has 2 aromatic carbocycles. The molecule has 0 radical (unpaired) electrons. The fourth-order valence-electron chi connectivity index (χ4n) is 3.06. The summed E-state index contributed by atoms with van der Waals surface area (Å²) >= 11 is 1.33. The number of fused-ring (bicyclic) bond motifs is 1. The summed E-state index contributed by atoms with van der Waals surface area (Å²) in [5.41, 5.74) is 6.83. The van der Waals surface area contributed by atoms with Crippen LogP contribution in [-0.2, 0) is 4.79 Å². The first kappa shape index (κ1) is 18.7. The minimum absolute atomic E-state index is 0.0109. The van der Waals surface area contributed by atoms with Gasteiger partial charge in [0.05, 0.1) is 17.1 Å². The summed E-state index contributed by atoms with van der Waals surface area (Å²) in [4.78, 5) is 39.2. The minimum Gasteiger partial charge on any atom is -0.477 e. The van der Waals surface area contributed by atoms with Crippen LogP contribution in [0.15, 0.2) is 66.0 Å². The van der Waals surface area contributed by atoms with Gasteiger partial charge in [-0.3, -0.25) is 14.4 Å². The van der Waals surface area contributed by atoms with Gasteiger partial charge < -0.3 is 20.7 Å². The number of nitrogens with one attached hydrogen (secondary N) is 1. The average Bonchev–Trinajstić information content (AvgIpc) is 3.27. The molecule has 0 aliphatic carbocycles. The Morgan fingerprint density at radius 2 is 1.90 bits per heavy atom. The molecule has 0 saturated carbocycles. The number of ether oxygens (including phenoxy) is 1. The molecule has 1 aromatic heterocycles. The maximum absolute atomic E-state index is 13.2. The minimum atomic E-state index is -0.935. The lowest BCUT2D eigenvalue weighted by molar-refractivity contribution is -0.124. The second-order valence-corrected chi connectivity index (χ2v) is 7.35. The standard InChI is InChI=1S/C21H17N3O4S/c22-19(25)17-12-24(15-7-1-2-8-16(15)28-17)21(27)13-5-3-6-14(11-13)23-20(26)18-9-4-10-29-18/h1-11,17H,12H2,(H2,22,25)(H,23,26)/t17-/m1/s1. The van der Waals surface area contributed by atoms with E-state index in [4.69, 9.17) is 10.5 Å². The summed E-state index contributed by atoms with van der Waals surface area (Å²) in [6, 6.07) is 17.1. The maximum atomic E-state index is 13.2. The van der Waals surface area contributed by atoms with E-state index in [1.165, 1.54) is 16.2 Å². The highest BCUT2D eigenvalue weighted by molar-refractivity contribution is 7.12. The molecule has 1 atom stereocenters. The lowest BCUT2D eigenvalue weighted by atomic mass is 10.1. The first-order valence-corrected chi connectivity index (χ1v) is 9.72. The molecule has 8 heteroatoms. The van der Waals surface area contributed by atoms with Gasteiger partial charge in [-0.1, -0.05) is 24.3 Å². The van der Waals surface area contributed by atoms with E-state index in [0.717, 1.165) is 0 Å². The molecule has 29 heavy (non-hydrogen) atoms. The highest BCUT2D eigenvalue weighted by Crippen LogP contribution is 2.34. The SMILES string of the molecule is NC(=O)[C@H]1CN(C(=O)c2cccc(NC(=O)c3cccs3)c2)c2ccccc2O1. The molecule has 1 aliphatic heterocycles. The Labute approximate surface area is 170 Å². The van der Waals surface area contributed by atoms with E-state index in [1.54, 1.807) is 60.7 Å². The van der Waals surface area contributed by atoms with E-state index in [-0.39, 0.29) is 18.4 Å². The number of nitrogens with zero attached hydrogens (tertiary/aromatic N) is 1. The Bertz CT molecular complexity index is 1080. The normalized spacial score (nSPS) is 15.2. The lowest BCUT2D eigenvalue weighted by Gasteiger charge is -2.33. The predicted molar refractivity (Wildman–Crippen MR) is 110 cm³/mol. The van der Waals surface area contributed by atoms with Crippen molar-refractivity contribution in [3.8, 4) is 5.75 Å². The summed E-state index contributed by atoms with van der Waals surface area (Å²) in [5.74, 6) is -0.790. The third kappa shape index (κ3) is 3.83. The predicted octanol–water partition coefficient (Wildman–Crippen LogP) is 2.89. The van der Waals surface area contributed by atoms with Crippen molar-refractivity contribution >= 4 is 40.4 Å². The van der Waals surface area contributed by atoms with Crippen molar-refractivity contribution in [2.45, 2.75) is 6.10 Å². The number of thiophene rings is 1. The molecule has 0 saturated heterocycles. The fourth-order valence-corrected chi connectivity index (χ4v) is 3.68. The molecule has 1 aliphatic rings. The van der Waals surface area contributed by atoms with Gasteiger partial charge in [-0.05, 0) is 41.8 Å². The maximum Gasteiger partial charge on any atom is 0.265 e.